The van der Waals surface area contributed by atoms with E-state index in [1.165, 1.54) is 7.11 Å². The zero-order chi connectivity index (χ0) is 11.1. The largest absolute Gasteiger partial charge is 0.481 e. The minimum absolute atomic E-state index is 0.247. The molecule has 7 nitrogen and oxygen atoms in total. The van der Waals surface area contributed by atoms with Crippen molar-refractivity contribution < 1.29 is 24.2 Å². The van der Waals surface area contributed by atoms with Crippen LogP contribution in [0.1, 0.15) is 6.42 Å². The number of hydrogen-bond acceptors (Lipinski definition) is 4. The van der Waals surface area contributed by atoms with Crippen LogP contribution in [0.5, 0.6) is 0 Å². The maximum atomic E-state index is 10.9. The molecule has 4 N–H and O–H groups in total. The molecular weight excluding hydrogens is 192 g/mol. The summed E-state index contributed by atoms with van der Waals surface area (Å²) in [6, 6.07) is -1.20. The molecule has 0 aromatic carbocycles. The second-order valence-electron chi connectivity index (χ2n) is 2.55. The first-order chi connectivity index (χ1) is 6.47. The molecule has 0 saturated carbocycles. The third-order valence-electron chi connectivity index (χ3n) is 1.33. The fourth-order valence-corrected chi connectivity index (χ4v) is 0.764. The smallest absolute Gasteiger partial charge is 0.305 e. The maximum absolute atomic E-state index is 10.9. The quantitative estimate of drug-likeness (QED) is 0.466. The Morgan fingerprint density at radius 3 is 2.43 bits per heavy atom. The van der Waals surface area contributed by atoms with Crippen LogP contribution in [0.4, 0.5) is 0 Å². The summed E-state index contributed by atoms with van der Waals surface area (Å²) in [7, 11) is 1.30. The zero-order valence-electron chi connectivity index (χ0n) is 7.65. The average Bonchev–Trinajstić information content (AvgIpc) is 2.02. The second kappa shape index (κ2) is 5.92. The first-order valence-corrected chi connectivity index (χ1v) is 3.76. The molecule has 0 aliphatic heterocycles. The predicted octanol–water partition coefficient (Wildman–Crippen LogP) is -1.92. The topological polar surface area (TPSA) is 119 Å². The van der Waals surface area contributed by atoms with E-state index < -0.39 is 30.2 Å². The lowest BCUT2D eigenvalue weighted by Gasteiger charge is -2.12. The van der Waals surface area contributed by atoms with Crippen molar-refractivity contribution in [3.63, 3.8) is 0 Å². The summed E-state index contributed by atoms with van der Waals surface area (Å²) in [6.45, 7) is -0.247. The number of carbonyl (C=O) groups is 3. The number of carboxylic acid groups (broad SMARTS) is 1. The standard InChI is InChI=1S/C7H12N2O5/c1-14-3-5(10)9-4(7(8)13)2-6(11)12/h4H,2-3H2,1H3,(H2,8,13)(H,9,10)(H,11,12)/t4-/m1/s1. The highest BCUT2D eigenvalue weighted by Crippen LogP contribution is 1.91. The molecule has 0 spiro atoms. The van der Waals surface area contributed by atoms with Gasteiger partial charge in [0.15, 0.2) is 0 Å². The van der Waals surface area contributed by atoms with Gasteiger partial charge in [0.1, 0.15) is 12.6 Å². The SMILES string of the molecule is COCC(=O)N[C@H](CC(=O)O)C(N)=O. The minimum atomic E-state index is -1.22. The molecule has 0 bridgehead atoms. The molecule has 7 heteroatoms. The Labute approximate surface area is 80.2 Å². The van der Waals surface area contributed by atoms with Crippen LogP contribution in [0.2, 0.25) is 0 Å². The lowest BCUT2D eigenvalue weighted by molar-refractivity contribution is -0.140. The summed E-state index contributed by atoms with van der Waals surface area (Å²) >= 11 is 0. The first-order valence-electron chi connectivity index (χ1n) is 3.76. The molecule has 0 saturated heterocycles. The van der Waals surface area contributed by atoms with Gasteiger partial charge in [-0.25, -0.2) is 0 Å². The molecule has 0 aromatic heterocycles. The molecule has 80 valence electrons. The van der Waals surface area contributed by atoms with Crippen molar-refractivity contribution in [3.8, 4) is 0 Å². The molecule has 0 aliphatic rings. The van der Waals surface area contributed by atoms with Gasteiger partial charge in [-0.1, -0.05) is 0 Å². The molecule has 0 aromatic rings. The van der Waals surface area contributed by atoms with Crippen molar-refractivity contribution in [3.05, 3.63) is 0 Å². The molecule has 1 atom stereocenters. The number of hydrogen-bond donors (Lipinski definition) is 3. The summed E-state index contributed by atoms with van der Waals surface area (Å²) < 4.78 is 4.48. The van der Waals surface area contributed by atoms with E-state index in [1.54, 1.807) is 0 Å². The number of amides is 2. The van der Waals surface area contributed by atoms with Crippen LogP contribution < -0.4 is 11.1 Å². The van der Waals surface area contributed by atoms with Crippen LogP contribution in [0.15, 0.2) is 0 Å². The van der Waals surface area contributed by atoms with Gasteiger partial charge in [-0.2, -0.15) is 0 Å². The molecule has 2 amide bonds. The van der Waals surface area contributed by atoms with Crippen LogP contribution in [-0.2, 0) is 19.1 Å². The highest BCUT2D eigenvalue weighted by molar-refractivity contribution is 5.89. The summed E-state index contributed by atoms with van der Waals surface area (Å²) in [5.41, 5.74) is 4.87. The van der Waals surface area contributed by atoms with E-state index in [2.05, 4.69) is 10.1 Å². The number of carbonyl (C=O) groups excluding carboxylic acids is 2. The summed E-state index contributed by atoms with van der Waals surface area (Å²) in [5.74, 6) is -2.69. The highest BCUT2D eigenvalue weighted by atomic mass is 16.5. The number of ether oxygens (including phenoxy) is 1. The Kier molecular flexibility index (Phi) is 5.23. The molecule has 0 aliphatic carbocycles. The zero-order valence-corrected chi connectivity index (χ0v) is 7.65. The molecule has 14 heavy (non-hydrogen) atoms. The molecule has 0 rings (SSSR count). The Balaban J connectivity index is 4.16. The molecule has 0 fully saturated rings. The van der Waals surface area contributed by atoms with Gasteiger partial charge in [0.2, 0.25) is 11.8 Å². The van der Waals surface area contributed by atoms with E-state index in [-0.39, 0.29) is 6.61 Å². The number of methoxy groups -OCH3 is 1. The van der Waals surface area contributed by atoms with E-state index in [0.717, 1.165) is 0 Å². The van der Waals surface area contributed by atoms with Crippen molar-refractivity contribution in [1.82, 2.24) is 5.32 Å². The van der Waals surface area contributed by atoms with Gasteiger partial charge >= 0.3 is 5.97 Å². The van der Waals surface area contributed by atoms with Crippen molar-refractivity contribution in [1.29, 1.82) is 0 Å². The van der Waals surface area contributed by atoms with Crippen LogP contribution in [0.25, 0.3) is 0 Å². The first kappa shape index (κ1) is 12.4. The van der Waals surface area contributed by atoms with E-state index in [0.29, 0.717) is 0 Å². The van der Waals surface area contributed by atoms with E-state index in [9.17, 15) is 14.4 Å². The second-order valence-corrected chi connectivity index (χ2v) is 2.55. The molecule has 0 heterocycles. The van der Waals surface area contributed by atoms with Gasteiger partial charge in [-0.05, 0) is 0 Å². The van der Waals surface area contributed by atoms with Gasteiger partial charge in [-0.15, -0.1) is 0 Å². The van der Waals surface area contributed by atoms with Gasteiger partial charge in [0.05, 0.1) is 6.42 Å². The Hall–Kier alpha value is -1.63. The van der Waals surface area contributed by atoms with Crippen LogP contribution in [0, 0.1) is 0 Å². The predicted molar refractivity (Wildman–Crippen MR) is 45.3 cm³/mol. The van der Waals surface area contributed by atoms with Crippen LogP contribution >= 0.6 is 0 Å². The lowest BCUT2D eigenvalue weighted by Crippen LogP contribution is -2.46. The third kappa shape index (κ3) is 5.09. The number of carboxylic acids is 1. The Bertz CT molecular complexity index is 240. The van der Waals surface area contributed by atoms with Gasteiger partial charge in [0, 0.05) is 7.11 Å². The lowest BCUT2D eigenvalue weighted by atomic mass is 10.2. The number of nitrogens with two attached hydrogens (primary N) is 1. The summed E-state index contributed by atoms with van der Waals surface area (Å²) in [5, 5.41) is 10.5. The van der Waals surface area contributed by atoms with Crippen LogP contribution in [0.3, 0.4) is 0 Å². The van der Waals surface area contributed by atoms with E-state index >= 15 is 0 Å². The van der Waals surface area contributed by atoms with Crippen LogP contribution in [-0.4, -0.2) is 42.6 Å². The highest BCUT2D eigenvalue weighted by Gasteiger charge is 2.20. The van der Waals surface area contributed by atoms with Gasteiger partial charge in [-0.3, -0.25) is 14.4 Å². The monoisotopic (exact) mass is 204 g/mol. The Morgan fingerprint density at radius 1 is 1.50 bits per heavy atom. The fourth-order valence-electron chi connectivity index (χ4n) is 0.764. The molecule has 0 radical (unpaired) electrons. The van der Waals surface area contributed by atoms with Crippen molar-refractivity contribution >= 4 is 17.8 Å². The van der Waals surface area contributed by atoms with E-state index in [4.69, 9.17) is 10.8 Å². The fraction of sp³-hybridized carbons (Fsp3) is 0.571. The normalized spacial score (nSPS) is 11.8. The minimum Gasteiger partial charge on any atom is -0.481 e. The Morgan fingerprint density at radius 2 is 2.07 bits per heavy atom. The van der Waals surface area contributed by atoms with Gasteiger partial charge < -0.3 is 20.9 Å². The van der Waals surface area contributed by atoms with E-state index in [1.807, 2.05) is 0 Å². The average molecular weight is 204 g/mol. The third-order valence-corrected chi connectivity index (χ3v) is 1.33. The summed E-state index contributed by atoms with van der Waals surface area (Å²) in [6.07, 6.45) is -0.537. The number of primary amides is 1. The van der Waals surface area contributed by atoms with Crippen molar-refractivity contribution in [2.75, 3.05) is 13.7 Å². The molecular formula is C7H12N2O5. The van der Waals surface area contributed by atoms with Crippen molar-refractivity contribution in [2.45, 2.75) is 12.5 Å². The van der Waals surface area contributed by atoms with Crippen molar-refractivity contribution in [2.24, 2.45) is 5.73 Å². The van der Waals surface area contributed by atoms with Gasteiger partial charge in [0.25, 0.3) is 0 Å². The number of nitrogens with one attached hydrogen (secondary N) is 1. The number of rotatable bonds is 6. The maximum Gasteiger partial charge on any atom is 0.305 e. The molecule has 0 unspecified atom stereocenters. The number of aliphatic carboxylic acids is 1. The summed E-state index contributed by atoms with van der Waals surface area (Å²) in [4.78, 5) is 31.8.